The molecule has 0 saturated carbocycles. The molecule has 15 heteroatoms. The molecule has 0 bridgehead atoms. The summed E-state index contributed by atoms with van der Waals surface area (Å²) in [6.45, 7) is 1.38. The highest BCUT2D eigenvalue weighted by atomic mass is 19.4. The minimum Gasteiger partial charge on any atom is -0.309 e. The van der Waals surface area contributed by atoms with E-state index in [9.17, 15) is 35.9 Å². The van der Waals surface area contributed by atoms with Crippen molar-refractivity contribution < 1.29 is 31.1 Å². The number of benzene rings is 1. The molecule has 0 radical (unpaired) electrons. The van der Waals surface area contributed by atoms with E-state index >= 15 is 0 Å². The average molecular weight is 525 g/mol. The topological polar surface area (TPSA) is 115 Å². The number of hydrogen-bond donors (Lipinski definition) is 3. The molecule has 194 valence electrons. The number of aromatic amines is 1. The number of H-pyrrole nitrogens is 1. The summed E-state index contributed by atoms with van der Waals surface area (Å²) in [4.78, 5) is 40.9. The van der Waals surface area contributed by atoms with E-state index in [2.05, 4.69) is 30.7 Å². The van der Waals surface area contributed by atoms with Gasteiger partial charge in [-0.1, -0.05) is 18.2 Å². The lowest BCUT2D eigenvalue weighted by Gasteiger charge is -2.25. The number of aromatic nitrogens is 2. The van der Waals surface area contributed by atoms with Crippen LogP contribution in [-0.4, -0.2) is 51.2 Å². The number of fused-ring (bicyclic) bond motifs is 2. The highest BCUT2D eigenvalue weighted by molar-refractivity contribution is 6.43. The third kappa shape index (κ3) is 3.89. The Balaban J connectivity index is 1.53. The largest absolute Gasteiger partial charge is 0.453 e. The molecule has 0 saturated heterocycles. The quantitative estimate of drug-likeness (QED) is 0.520. The smallest absolute Gasteiger partial charge is 0.309 e. The van der Waals surface area contributed by atoms with E-state index in [0.29, 0.717) is 0 Å². The van der Waals surface area contributed by atoms with Gasteiger partial charge in [0.25, 0.3) is 5.56 Å². The highest BCUT2D eigenvalue weighted by Gasteiger charge is 2.57. The SMILES string of the molecule is CC1(c2ccccc2F)C(=O)Nc2nc(C3=CN4NCN=C4C(CCC(F)(F)C(F)(F)F)=N3)[nH]c(=O)c21. The second-order valence-corrected chi connectivity index (χ2v) is 8.64. The molecule has 9 nitrogen and oxygen atoms in total. The number of amides is 1. The van der Waals surface area contributed by atoms with Crippen molar-refractivity contribution in [3.8, 4) is 0 Å². The highest BCUT2D eigenvalue weighted by Crippen LogP contribution is 2.41. The molecular formula is C22H17F6N7O2. The number of halogens is 6. The van der Waals surface area contributed by atoms with Crippen LogP contribution in [0.4, 0.5) is 32.2 Å². The van der Waals surface area contributed by atoms with Crippen molar-refractivity contribution in [2.75, 3.05) is 12.0 Å². The zero-order valence-electron chi connectivity index (χ0n) is 18.9. The summed E-state index contributed by atoms with van der Waals surface area (Å²) in [5.74, 6) is -6.67. The molecule has 3 aliphatic heterocycles. The molecule has 1 aromatic heterocycles. The van der Waals surface area contributed by atoms with Gasteiger partial charge in [0, 0.05) is 12.0 Å². The molecule has 1 unspecified atom stereocenters. The molecule has 0 spiro atoms. The summed E-state index contributed by atoms with van der Waals surface area (Å²) >= 11 is 0. The fourth-order valence-electron chi connectivity index (χ4n) is 4.34. The number of nitrogens with one attached hydrogen (secondary N) is 3. The summed E-state index contributed by atoms with van der Waals surface area (Å²) in [7, 11) is 0. The van der Waals surface area contributed by atoms with Crippen molar-refractivity contribution in [2.24, 2.45) is 9.98 Å². The summed E-state index contributed by atoms with van der Waals surface area (Å²) < 4.78 is 79.6. The van der Waals surface area contributed by atoms with Crippen LogP contribution in [0.25, 0.3) is 5.70 Å². The lowest BCUT2D eigenvalue weighted by atomic mass is 9.78. The monoisotopic (exact) mass is 525 g/mol. The summed E-state index contributed by atoms with van der Waals surface area (Å²) in [6, 6.07) is 5.46. The number of hydrazine groups is 1. The first-order valence-electron chi connectivity index (χ1n) is 10.9. The number of nitrogens with zero attached hydrogens (tertiary/aromatic N) is 4. The normalized spacial score (nSPS) is 21.2. The van der Waals surface area contributed by atoms with E-state index in [4.69, 9.17) is 0 Å². The Hall–Kier alpha value is -4.01. The van der Waals surface area contributed by atoms with E-state index in [-0.39, 0.29) is 46.7 Å². The number of hydrogen-bond acceptors (Lipinski definition) is 7. The predicted octanol–water partition coefficient (Wildman–Crippen LogP) is 3.07. The predicted molar refractivity (Wildman–Crippen MR) is 119 cm³/mol. The Morgan fingerprint density at radius 3 is 2.57 bits per heavy atom. The molecule has 37 heavy (non-hydrogen) atoms. The summed E-state index contributed by atoms with van der Waals surface area (Å²) in [6.07, 6.45) is -6.76. The van der Waals surface area contributed by atoms with Crippen LogP contribution in [0.1, 0.15) is 36.7 Å². The third-order valence-corrected chi connectivity index (χ3v) is 6.31. The number of rotatable bonds is 5. The van der Waals surface area contributed by atoms with Gasteiger partial charge < -0.3 is 10.3 Å². The third-order valence-electron chi connectivity index (χ3n) is 6.31. The van der Waals surface area contributed by atoms with Gasteiger partial charge >= 0.3 is 12.1 Å². The molecule has 3 N–H and O–H groups in total. The van der Waals surface area contributed by atoms with E-state index in [1.165, 1.54) is 36.3 Å². The first-order chi connectivity index (χ1) is 17.3. The van der Waals surface area contributed by atoms with Crippen LogP contribution in [0.3, 0.4) is 0 Å². The molecule has 1 amide bonds. The van der Waals surface area contributed by atoms with Crippen molar-refractivity contribution in [3.05, 3.63) is 63.6 Å². The fraction of sp³-hybridized carbons (Fsp3) is 0.318. The minimum absolute atomic E-state index is 0.0129. The lowest BCUT2D eigenvalue weighted by molar-refractivity contribution is -0.283. The van der Waals surface area contributed by atoms with E-state index < -0.39 is 47.6 Å². The number of carbonyl (C=O) groups is 1. The molecule has 3 aliphatic rings. The minimum atomic E-state index is -5.73. The number of aliphatic imine (C=N–C) groups is 2. The Labute approximate surface area is 204 Å². The average Bonchev–Trinajstić information content (AvgIpc) is 3.39. The first-order valence-corrected chi connectivity index (χ1v) is 10.9. The Morgan fingerprint density at radius 1 is 1.14 bits per heavy atom. The molecule has 0 aliphatic carbocycles. The van der Waals surface area contributed by atoms with Crippen molar-refractivity contribution in [1.82, 2.24) is 20.4 Å². The molecule has 1 aromatic carbocycles. The summed E-state index contributed by atoms with van der Waals surface area (Å²) in [5, 5.41) is 3.73. The van der Waals surface area contributed by atoms with E-state index in [1.807, 2.05) is 0 Å². The standard InChI is InChI=1S/C22H17F6N7O2/c1-20(10-4-2-3-5-11(10)23)14-16(34-19(20)37)32-15(33-18(14)36)13-8-35-17(29-9-30-35)12(31-13)6-7-21(24,25)22(26,27)28/h2-5,8,30H,6-7,9H2,1H3,(H2,32,33,34,36,37). The lowest BCUT2D eigenvalue weighted by Crippen LogP contribution is -2.41. The molecular weight excluding hydrogens is 508 g/mol. The van der Waals surface area contributed by atoms with Gasteiger partial charge in [0.2, 0.25) is 5.91 Å². The van der Waals surface area contributed by atoms with E-state index in [1.54, 1.807) is 0 Å². The maximum absolute atomic E-state index is 14.6. The molecule has 2 aromatic rings. The maximum Gasteiger partial charge on any atom is 0.453 e. The van der Waals surface area contributed by atoms with Crippen molar-refractivity contribution in [3.63, 3.8) is 0 Å². The second-order valence-electron chi connectivity index (χ2n) is 8.64. The number of amidine groups is 1. The number of carbonyl (C=O) groups excluding carboxylic acids is 1. The summed E-state index contributed by atoms with van der Waals surface area (Å²) in [5.41, 5.74) is -0.192. The van der Waals surface area contributed by atoms with Crippen LogP contribution in [0.15, 0.2) is 45.2 Å². The van der Waals surface area contributed by atoms with Crippen molar-refractivity contribution in [1.29, 1.82) is 0 Å². The Bertz CT molecular complexity index is 1460. The second kappa shape index (κ2) is 8.26. The molecule has 0 fully saturated rings. The van der Waals surface area contributed by atoms with Crippen LogP contribution in [-0.2, 0) is 10.2 Å². The van der Waals surface area contributed by atoms with Gasteiger partial charge in [0.1, 0.15) is 29.4 Å². The fourth-order valence-corrected chi connectivity index (χ4v) is 4.34. The zero-order chi connectivity index (χ0) is 26.8. The van der Waals surface area contributed by atoms with Gasteiger partial charge in [-0.2, -0.15) is 22.0 Å². The Kier molecular flexibility index (Phi) is 5.51. The number of anilines is 1. The Morgan fingerprint density at radius 2 is 1.86 bits per heavy atom. The van der Waals surface area contributed by atoms with Gasteiger partial charge in [-0.25, -0.2) is 24.8 Å². The van der Waals surface area contributed by atoms with Crippen LogP contribution < -0.4 is 16.3 Å². The zero-order valence-corrected chi connectivity index (χ0v) is 18.9. The first kappa shape index (κ1) is 24.7. The molecule has 4 heterocycles. The van der Waals surface area contributed by atoms with Crippen LogP contribution in [0.5, 0.6) is 0 Å². The molecule has 1 atom stereocenters. The van der Waals surface area contributed by atoms with Crippen LogP contribution in [0, 0.1) is 5.82 Å². The van der Waals surface area contributed by atoms with Crippen LogP contribution >= 0.6 is 0 Å². The van der Waals surface area contributed by atoms with Gasteiger partial charge in [0.05, 0.1) is 17.5 Å². The van der Waals surface area contributed by atoms with Crippen LogP contribution in [0.2, 0.25) is 0 Å². The van der Waals surface area contributed by atoms with Gasteiger partial charge in [-0.05, 0) is 19.4 Å². The van der Waals surface area contributed by atoms with Gasteiger partial charge in [-0.3, -0.25) is 14.6 Å². The van der Waals surface area contributed by atoms with Gasteiger partial charge in [-0.15, -0.1) is 0 Å². The molecule has 5 rings (SSSR count). The number of alkyl halides is 5. The van der Waals surface area contributed by atoms with Crippen molar-refractivity contribution >= 4 is 29.0 Å². The maximum atomic E-state index is 14.6. The van der Waals surface area contributed by atoms with Crippen molar-refractivity contribution in [2.45, 2.75) is 37.3 Å². The van der Waals surface area contributed by atoms with Gasteiger partial charge in [0.15, 0.2) is 11.7 Å². The van der Waals surface area contributed by atoms with E-state index in [0.717, 1.165) is 6.07 Å².